The summed E-state index contributed by atoms with van der Waals surface area (Å²) in [5.41, 5.74) is 0.926. The first kappa shape index (κ1) is 14.7. The number of furan rings is 1. The van der Waals surface area contributed by atoms with Crippen molar-refractivity contribution < 1.29 is 13.7 Å². The number of rotatable bonds is 3. The molecule has 0 aromatic carbocycles. The molecular formula is C17H18N4O3. The highest BCUT2D eigenvalue weighted by Gasteiger charge is 2.29. The molecule has 3 aromatic rings. The van der Waals surface area contributed by atoms with E-state index in [2.05, 4.69) is 10.1 Å². The third kappa shape index (κ3) is 2.62. The molecule has 124 valence electrons. The second-order valence-electron chi connectivity index (χ2n) is 6.00. The molecule has 0 spiro atoms. The van der Waals surface area contributed by atoms with Crippen LogP contribution in [0, 0.1) is 0 Å². The maximum Gasteiger partial charge on any atom is 0.289 e. The molecule has 1 saturated heterocycles. The molecule has 4 rings (SSSR count). The minimum absolute atomic E-state index is 0.0616. The number of aryl methyl sites for hydroxylation is 1. The van der Waals surface area contributed by atoms with Crippen molar-refractivity contribution >= 4 is 5.91 Å². The summed E-state index contributed by atoms with van der Waals surface area (Å²) in [7, 11) is 1.95. The molecule has 0 aliphatic carbocycles. The Morgan fingerprint density at radius 2 is 2.08 bits per heavy atom. The minimum atomic E-state index is -0.0616. The van der Waals surface area contributed by atoms with Crippen molar-refractivity contribution in [2.75, 3.05) is 13.1 Å². The molecule has 1 amide bonds. The van der Waals surface area contributed by atoms with Crippen molar-refractivity contribution in [2.45, 2.75) is 18.8 Å². The summed E-state index contributed by atoms with van der Waals surface area (Å²) in [6.45, 7) is 1.32. The Morgan fingerprint density at radius 1 is 1.25 bits per heavy atom. The monoisotopic (exact) mass is 326 g/mol. The van der Waals surface area contributed by atoms with Gasteiger partial charge in [0.15, 0.2) is 5.76 Å². The number of carbonyl (C=O) groups is 1. The van der Waals surface area contributed by atoms with Crippen molar-refractivity contribution in [1.82, 2.24) is 19.6 Å². The summed E-state index contributed by atoms with van der Waals surface area (Å²) < 4.78 is 12.6. The number of carbonyl (C=O) groups excluding carboxylic acids is 1. The molecule has 7 nitrogen and oxygen atoms in total. The number of hydrogen-bond donors (Lipinski definition) is 0. The van der Waals surface area contributed by atoms with Crippen molar-refractivity contribution in [3.05, 3.63) is 48.4 Å². The zero-order valence-corrected chi connectivity index (χ0v) is 13.4. The van der Waals surface area contributed by atoms with E-state index in [0.717, 1.165) is 18.5 Å². The van der Waals surface area contributed by atoms with Gasteiger partial charge in [-0.05, 0) is 37.1 Å². The quantitative estimate of drug-likeness (QED) is 0.739. The average Bonchev–Trinajstić information content (AvgIpc) is 3.35. The van der Waals surface area contributed by atoms with Crippen LogP contribution in [-0.2, 0) is 7.05 Å². The van der Waals surface area contributed by atoms with Crippen LogP contribution in [0.2, 0.25) is 0 Å². The van der Waals surface area contributed by atoms with E-state index in [1.807, 2.05) is 34.8 Å². The molecule has 7 heteroatoms. The first-order valence-corrected chi connectivity index (χ1v) is 8.00. The van der Waals surface area contributed by atoms with Crippen LogP contribution in [0.25, 0.3) is 11.5 Å². The summed E-state index contributed by atoms with van der Waals surface area (Å²) in [6, 6.07) is 7.32. The zero-order chi connectivity index (χ0) is 16.5. The van der Waals surface area contributed by atoms with E-state index in [9.17, 15) is 4.79 Å². The molecule has 0 unspecified atom stereocenters. The highest BCUT2D eigenvalue weighted by Crippen LogP contribution is 2.29. The third-order valence-corrected chi connectivity index (χ3v) is 4.48. The molecule has 0 atom stereocenters. The number of piperidine rings is 1. The molecule has 0 bridgehead atoms. The number of nitrogens with zero attached hydrogens (tertiary/aromatic N) is 4. The second kappa shape index (κ2) is 5.99. The molecule has 0 saturated carbocycles. The van der Waals surface area contributed by atoms with Gasteiger partial charge in [0.25, 0.3) is 5.91 Å². The minimum Gasteiger partial charge on any atom is -0.459 e. The van der Waals surface area contributed by atoms with E-state index in [0.29, 0.717) is 30.6 Å². The van der Waals surface area contributed by atoms with Gasteiger partial charge in [0, 0.05) is 32.3 Å². The summed E-state index contributed by atoms with van der Waals surface area (Å²) in [6.07, 6.45) is 5.08. The fourth-order valence-corrected chi connectivity index (χ4v) is 3.08. The lowest BCUT2D eigenvalue weighted by Gasteiger charge is -2.29. The average molecular weight is 326 g/mol. The van der Waals surface area contributed by atoms with Gasteiger partial charge in [-0.2, -0.15) is 4.98 Å². The first-order valence-electron chi connectivity index (χ1n) is 8.00. The predicted molar refractivity (Wildman–Crippen MR) is 85.3 cm³/mol. The maximum absolute atomic E-state index is 12.3. The molecule has 24 heavy (non-hydrogen) atoms. The number of aromatic nitrogens is 3. The number of hydrogen-bond acceptors (Lipinski definition) is 5. The van der Waals surface area contributed by atoms with Crippen LogP contribution in [0.1, 0.15) is 35.2 Å². The molecule has 4 heterocycles. The lowest BCUT2D eigenvalue weighted by molar-refractivity contribution is 0.0672. The van der Waals surface area contributed by atoms with Gasteiger partial charge in [-0.3, -0.25) is 4.79 Å². The van der Waals surface area contributed by atoms with Crippen LogP contribution in [-0.4, -0.2) is 38.6 Å². The molecule has 0 N–H and O–H groups in total. The van der Waals surface area contributed by atoms with Crippen LogP contribution in [0.5, 0.6) is 0 Å². The largest absolute Gasteiger partial charge is 0.459 e. The Labute approximate surface area is 138 Å². The topological polar surface area (TPSA) is 77.3 Å². The van der Waals surface area contributed by atoms with Crippen molar-refractivity contribution in [1.29, 1.82) is 0 Å². The Kier molecular flexibility index (Phi) is 3.68. The molecule has 1 aliphatic rings. The summed E-state index contributed by atoms with van der Waals surface area (Å²) in [4.78, 5) is 18.6. The van der Waals surface area contributed by atoms with E-state index in [-0.39, 0.29) is 11.8 Å². The standard InChI is InChI=1S/C17H18N4O3/c1-20-8-2-4-13(20)15-18-16(24-19-15)12-6-9-21(10-7-12)17(22)14-5-3-11-23-14/h2-5,8,11-12H,6-7,9-10H2,1H3. The zero-order valence-electron chi connectivity index (χ0n) is 13.4. The van der Waals surface area contributed by atoms with Gasteiger partial charge in [0.05, 0.1) is 12.0 Å². The van der Waals surface area contributed by atoms with Crippen molar-refractivity contribution in [3.8, 4) is 11.5 Å². The van der Waals surface area contributed by atoms with Gasteiger partial charge in [-0.25, -0.2) is 0 Å². The fraction of sp³-hybridized carbons (Fsp3) is 0.353. The normalized spacial score (nSPS) is 15.8. The third-order valence-electron chi connectivity index (χ3n) is 4.48. The van der Waals surface area contributed by atoms with Gasteiger partial charge in [-0.1, -0.05) is 5.16 Å². The summed E-state index contributed by atoms with van der Waals surface area (Å²) >= 11 is 0. The van der Waals surface area contributed by atoms with Gasteiger partial charge >= 0.3 is 0 Å². The van der Waals surface area contributed by atoms with E-state index in [1.54, 1.807) is 12.1 Å². The van der Waals surface area contributed by atoms with Crippen LogP contribution in [0.15, 0.2) is 45.7 Å². The molecule has 1 fully saturated rings. The lowest BCUT2D eigenvalue weighted by Crippen LogP contribution is -2.37. The number of amides is 1. The Hall–Kier alpha value is -2.83. The molecule has 0 radical (unpaired) electrons. The van der Waals surface area contributed by atoms with Crippen LogP contribution >= 0.6 is 0 Å². The van der Waals surface area contributed by atoms with Gasteiger partial charge in [0.1, 0.15) is 0 Å². The summed E-state index contributed by atoms with van der Waals surface area (Å²) in [5, 5.41) is 4.09. The van der Waals surface area contributed by atoms with Crippen LogP contribution in [0.4, 0.5) is 0 Å². The van der Waals surface area contributed by atoms with Gasteiger partial charge < -0.3 is 18.4 Å². The van der Waals surface area contributed by atoms with Crippen molar-refractivity contribution in [3.63, 3.8) is 0 Å². The Morgan fingerprint density at radius 3 is 2.75 bits per heavy atom. The molecule has 3 aromatic heterocycles. The Balaban J connectivity index is 1.42. The van der Waals surface area contributed by atoms with Crippen molar-refractivity contribution in [2.24, 2.45) is 7.05 Å². The highest BCUT2D eigenvalue weighted by molar-refractivity contribution is 5.91. The SMILES string of the molecule is Cn1cccc1-c1noc(C2CCN(C(=O)c3ccco3)CC2)n1. The maximum atomic E-state index is 12.3. The Bertz CT molecular complexity index is 826. The lowest BCUT2D eigenvalue weighted by atomic mass is 9.96. The van der Waals surface area contributed by atoms with Gasteiger partial charge in [0.2, 0.25) is 11.7 Å². The van der Waals surface area contributed by atoms with E-state index in [1.165, 1.54) is 6.26 Å². The van der Waals surface area contributed by atoms with Gasteiger partial charge in [-0.15, -0.1) is 0 Å². The van der Waals surface area contributed by atoms with Crippen LogP contribution in [0.3, 0.4) is 0 Å². The predicted octanol–water partition coefficient (Wildman–Crippen LogP) is 2.69. The van der Waals surface area contributed by atoms with E-state index < -0.39 is 0 Å². The van der Waals surface area contributed by atoms with E-state index in [4.69, 9.17) is 8.94 Å². The smallest absolute Gasteiger partial charge is 0.289 e. The highest BCUT2D eigenvalue weighted by atomic mass is 16.5. The summed E-state index contributed by atoms with van der Waals surface area (Å²) in [5.74, 6) is 1.76. The fourth-order valence-electron chi connectivity index (χ4n) is 3.08. The molecular weight excluding hydrogens is 308 g/mol. The molecule has 1 aliphatic heterocycles. The van der Waals surface area contributed by atoms with E-state index >= 15 is 0 Å². The van der Waals surface area contributed by atoms with Crippen LogP contribution < -0.4 is 0 Å². The first-order chi connectivity index (χ1) is 11.7. The second-order valence-corrected chi connectivity index (χ2v) is 6.00. The number of likely N-dealkylation sites (tertiary alicyclic amines) is 1.